The average molecular weight is 229 g/mol. The van der Waals surface area contributed by atoms with E-state index in [1.165, 1.54) is 10.9 Å². The molecule has 72 valence electrons. The minimum atomic E-state index is 0.410. The molecule has 0 amide bonds. The second kappa shape index (κ2) is 3.48. The van der Waals surface area contributed by atoms with E-state index in [1.807, 2.05) is 0 Å². The van der Waals surface area contributed by atoms with Gasteiger partial charge in [0, 0.05) is 12.3 Å². The van der Waals surface area contributed by atoms with E-state index in [2.05, 4.69) is 10.1 Å². The molecule has 0 aliphatic carbocycles. The lowest BCUT2D eigenvalue weighted by Gasteiger charge is -2.04. The Morgan fingerprint density at radius 1 is 1.36 bits per heavy atom. The first-order chi connectivity index (χ1) is 6.68. The molecular formula is C8H6Cl2N4. The molecule has 2 aromatic rings. The van der Waals surface area contributed by atoms with E-state index >= 15 is 0 Å². The Hall–Kier alpha value is -1.26. The Morgan fingerprint density at radius 3 is 2.71 bits per heavy atom. The van der Waals surface area contributed by atoms with Crippen molar-refractivity contribution in [3.05, 3.63) is 34.6 Å². The molecule has 14 heavy (non-hydrogen) atoms. The Labute approximate surface area is 90.3 Å². The second-order valence-electron chi connectivity index (χ2n) is 2.63. The van der Waals surface area contributed by atoms with E-state index in [4.69, 9.17) is 28.9 Å². The molecule has 2 heterocycles. The standard InChI is InChI=1S/C8H6Cl2N4/c9-5-3-6(10)8(12-4-5)14-7(11)1-2-13-14/h1-4H,11H2. The summed E-state index contributed by atoms with van der Waals surface area (Å²) in [5.41, 5.74) is 5.65. The summed E-state index contributed by atoms with van der Waals surface area (Å²) >= 11 is 11.6. The quantitative estimate of drug-likeness (QED) is 0.814. The van der Waals surface area contributed by atoms with Gasteiger partial charge in [-0.2, -0.15) is 9.78 Å². The minimum absolute atomic E-state index is 0.410. The number of aromatic nitrogens is 3. The zero-order chi connectivity index (χ0) is 10.1. The Balaban J connectivity index is 2.58. The number of pyridine rings is 1. The SMILES string of the molecule is Nc1ccnn1-c1ncc(Cl)cc1Cl. The van der Waals surface area contributed by atoms with Gasteiger partial charge in [0.2, 0.25) is 0 Å². The van der Waals surface area contributed by atoms with E-state index in [1.54, 1.807) is 18.3 Å². The molecule has 0 saturated heterocycles. The summed E-state index contributed by atoms with van der Waals surface area (Å²) in [7, 11) is 0. The van der Waals surface area contributed by atoms with Crippen LogP contribution in [0.4, 0.5) is 5.82 Å². The van der Waals surface area contributed by atoms with E-state index in [0.717, 1.165) is 0 Å². The van der Waals surface area contributed by atoms with Gasteiger partial charge in [-0.25, -0.2) is 4.98 Å². The van der Waals surface area contributed by atoms with Crippen LogP contribution in [0.15, 0.2) is 24.5 Å². The lowest BCUT2D eigenvalue weighted by molar-refractivity contribution is 0.857. The Morgan fingerprint density at radius 2 is 2.14 bits per heavy atom. The smallest absolute Gasteiger partial charge is 0.174 e. The van der Waals surface area contributed by atoms with Crippen molar-refractivity contribution in [2.75, 3.05) is 5.73 Å². The van der Waals surface area contributed by atoms with Gasteiger partial charge in [-0.3, -0.25) is 0 Å². The van der Waals surface area contributed by atoms with E-state index < -0.39 is 0 Å². The molecular weight excluding hydrogens is 223 g/mol. The normalized spacial score (nSPS) is 10.4. The first kappa shape index (κ1) is 9.30. The van der Waals surface area contributed by atoms with Gasteiger partial charge >= 0.3 is 0 Å². The maximum Gasteiger partial charge on any atom is 0.174 e. The van der Waals surface area contributed by atoms with Crippen LogP contribution in [0.1, 0.15) is 0 Å². The number of hydrogen-bond acceptors (Lipinski definition) is 3. The van der Waals surface area contributed by atoms with Crippen LogP contribution in [-0.4, -0.2) is 14.8 Å². The maximum absolute atomic E-state index is 5.93. The molecule has 6 heteroatoms. The van der Waals surface area contributed by atoms with Gasteiger partial charge in [-0.05, 0) is 6.07 Å². The van der Waals surface area contributed by atoms with Crippen molar-refractivity contribution in [1.29, 1.82) is 0 Å². The van der Waals surface area contributed by atoms with Crippen molar-refractivity contribution in [2.24, 2.45) is 0 Å². The number of nitrogens with two attached hydrogens (primary N) is 1. The maximum atomic E-state index is 5.93. The van der Waals surface area contributed by atoms with Crippen molar-refractivity contribution in [2.45, 2.75) is 0 Å². The number of halogens is 2. The van der Waals surface area contributed by atoms with E-state index in [0.29, 0.717) is 21.7 Å². The van der Waals surface area contributed by atoms with Gasteiger partial charge in [0.25, 0.3) is 0 Å². The van der Waals surface area contributed by atoms with Gasteiger partial charge in [0.1, 0.15) is 5.82 Å². The fraction of sp³-hybridized carbons (Fsp3) is 0. The fourth-order valence-corrected chi connectivity index (χ4v) is 1.51. The zero-order valence-corrected chi connectivity index (χ0v) is 8.50. The van der Waals surface area contributed by atoms with Crippen LogP contribution in [0.25, 0.3) is 5.82 Å². The summed E-state index contributed by atoms with van der Waals surface area (Å²) in [5, 5.41) is 4.86. The van der Waals surface area contributed by atoms with Gasteiger partial charge in [0.15, 0.2) is 5.82 Å². The first-order valence-corrected chi connectivity index (χ1v) is 4.55. The summed E-state index contributed by atoms with van der Waals surface area (Å²) in [6.07, 6.45) is 3.06. The monoisotopic (exact) mass is 228 g/mol. The molecule has 0 atom stereocenters. The summed E-state index contributed by atoms with van der Waals surface area (Å²) in [6, 6.07) is 3.25. The van der Waals surface area contributed by atoms with Crippen LogP contribution in [0.2, 0.25) is 10.0 Å². The molecule has 0 saturated carbocycles. The molecule has 0 unspecified atom stereocenters. The van der Waals surface area contributed by atoms with Crippen molar-refractivity contribution in [3.8, 4) is 5.82 Å². The molecule has 2 N–H and O–H groups in total. The molecule has 0 bridgehead atoms. The molecule has 0 aliphatic heterocycles. The lowest BCUT2D eigenvalue weighted by Crippen LogP contribution is -2.04. The Kier molecular flexibility index (Phi) is 2.31. The van der Waals surface area contributed by atoms with Crippen molar-refractivity contribution in [1.82, 2.24) is 14.8 Å². The number of nitrogens with zero attached hydrogens (tertiary/aromatic N) is 3. The van der Waals surface area contributed by atoms with Gasteiger partial charge in [0.05, 0.1) is 16.2 Å². The fourth-order valence-electron chi connectivity index (χ4n) is 1.05. The van der Waals surface area contributed by atoms with Crippen molar-refractivity contribution >= 4 is 29.0 Å². The lowest BCUT2D eigenvalue weighted by atomic mass is 10.4. The number of nitrogen functional groups attached to an aromatic ring is 1. The summed E-state index contributed by atoms with van der Waals surface area (Å²) < 4.78 is 1.44. The molecule has 2 rings (SSSR count). The van der Waals surface area contributed by atoms with Crippen LogP contribution in [0, 0.1) is 0 Å². The minimum Gasteiger partial charge on any atom is -0.384 e. The van der Waals surface area contributed by atoms with Crippen LogP contribution in [0.5, 0.6) is 0 Å². The topological polar surface area (TPSA) is 56.7 Å². The van der Waals surface area contributed by atoms with E-state index in [9.17, 15) is 0 Å². The number of hydrogen-bond donors (Lipinski definition) is 1. The summed E-state index contributed by atoms with van der Waals surface area (Å²) in [4.78, 5) is 4.04. The van der Waals surface area contributed by atoms with Gasteiger partial charge < -0.3 is 5.73 Å². The second-order valence-corrected chi connectivity index (χ2v) is 3.47. The average Bonchev–Trinajstić information content (AvgIpc) is 2.52. The van der Waals surface area contributed by atoms with Crippen LogP contribution in [-0.2, 0) is 0 Å². The molecule has 0 aromatic carbocycles. The predicted octanol–water partition coefficient (Wildman–Crippen LogP) is 2.16. The van der Waals surface area contributed by atoms with Crippen molar-refractivity contribution in [3.63, 3.8) is 0 Å². The van der Waals surface area contributed by atoms with E-state index in [-0.39, 0.29) is 0 Å². The van der Waals surface area contributed by atoms with Gasteiger partial charge in [-0.15, -0.1) is 0 Å². The van der Waals surface area contributed by atoms with Crippen molar-refractivity contribution < 1.29 is 0 Å². The largest absolute Gasteiger partial charge is 0.384 e. The third-order valence-corrected chi connectivity index (χ3v) is 2.15. The highest BCUT2D eigenvalue weighted by molar-refractivity contribution is 6.35. The summed E-state index contributed by atoms with van der Waals surface area (Å²) in [6.45, 7) is 0. The molecule has 4 nitrogen and oxygen atoms in total. The predicted molar refractivity (Wildman–Crippen MR) is 55.8 cm³/mol. The first-order valence-electron chi connectivity index (χ1n) is 3.79. The highest BCUT2D eigenvalue weighted by atomic mass is 35.5. The highest BCUT2D eigenvalue weighted by Gasteiger charge is 2.07. The Bertz CT molecular complexity index is 466. The molecule has 0 fully saturated rings. The third kappa shape index (κ3) is 1.54. The number of rotatable bonds is 1. The van der Waals surface area contributed by atoms with Crippen LogP contribution < -0.4 is 5.73 Å². The summed E-state index contributed by atoms with van der Waals surface area (Å²) in [5.74, 6) is 0.945. The number of anilines is 1. The third-order valence-electron chi connectivity index (χ3n) is 1.66. The van der Waals surface area contributed by atoms with Crippen LogP contribution in [0.3, 0.4) is 0 Å². The highest BCUT2D eigenvalue weighted by Crippen LogP contribution is 2.22. The van der Waals surface area contributed by atoms with Gasteiger partial charge in [-0.1, -0.05) is 23.2 Å². The van der Waals surface area contributed by atoms with Crippen LogP contribution >= 0.6 is 23.2 Å². The zero-order valence-electron chi connectivity index (χ0n) is 6.98. The molecule has 0 spiro atoms. The molecule has 0 radical (unpaired) electrons. The molecule has 0 aliphatic rings. The molecule has 2 aromatic heterocycles.